The number of imidazole rings is 1. The molecule has 9 heteroatoms. The van der Waals surface area contributed by atoms with E-state index in [0.717, 1.165) is 28.8 Å². The van der Waals surface area contributed by atoms with E-state index in [4.69, 9.17) is 0 Å². The van der Waals surface area contributed by atoms with E-state index >= 15 is 0 Å². The highest BCUT2D eigenvalue weighted by molar-refractivity contribution is 5.88. The minimum atomic E-state index is -4.76. The molecule has 32 heavy (non-hydrogen) atoms. The minimum Gasteiger partial charge on any atom is -0.355 e. The van der Waals surface area contributed by atoms with Gasteiger partial charge in [0.2, 0.25) is 5.91 Å². The average molecular weight is 444 g/mol. The summed E-state index contributed by atoms with van der Waals surface area (Å²) in [5.74, 6) is -1.50. The number of hydrogen-bond acceptors (Lipinski definition) is 3. The maximum atomic E-state index is 14.1. The smallest absolute Gasteiger partial charge is 0.355 e. The van der Waals surface area contributed by atoms with Crippen LogP contribution in [0.2, 0.25) is 0 Å². The minimum absolute atomic E-state index is 0.155. The van der Waals surface area contributed by atoms with E-state index in [1.54, 1.807) is 21.9 Å². The van der Waals surface area contributed by atoms with Crippen molar-refractivity contribution >= 4 is 17.3 Å². The maximum absolute atomic E-state index is 14.1. The van der Waals surface area contributed by atoms with Gasteiger partial charge in [-0.25, -0.2) is 9.37 Å². The Morgan fingerprint density at radius 3 is 2.66 bits per heavy atom. The molecule has 1 N–H and O–H groups in total. The number of carbonyl (C=O) groups is 1. The molecule has 0 aliphatic carbocycles. The van der Waals surface area contributed by atoms with Gasteiger partial charge < -0.3 is 14.8 Å². The number of amides is 1. The van der Waals surface area contributed by atoms with Gasteiger partial charge in [0.1, 0.15) is 5.82 Å². The van der Waals surface area contributed by atoms with Crippen LogP contribution in [0, 0.1) is 5.82 Å². The molecule has 0 bridgehead atoms. The Labute approximate surface area is 182 Å². The molecule has 1 amide bonds. The van der Waals surface area contributed by atoms with Crippen molar-refractivity contribution in [3.8, 4) is 11.3 Å². The van der Waals surface area contributed by atoms with Crippen LogP contribution in [0.4, 0.5) is 28.9 Å². The SMILES string of the molecule is C=CC(=O)N1CCc2c(ccc(Nc3ccc(C(F)(F)F)c(F)c3)c2-c2cn(C)cn2)C1. The number of nitrogens with one attached hydrogen (secondary N) is 1. The highest BCUT2D eigenvalue weighted by Gasteiger charge is 2.34. The summed E-state index contributed by atoms with van der Waals surface area (Å²) in [7, 11) is 1.83. The summed E-state index contributed by atoms with van der Waals surface area (Å²) < 4.78 is 54.5. The van der Waals surface area contributed by atoms with Crippen molar-refractivity contribution < 1.29 is 22.4 Å². The lowest BCUT2D eigenvalue weighted by Gasteiger charge is -2.30. The number of rotatable bonds is 4. The molecule has 2 aromatic carbocycles. The third-order valence-electron chi connectivity index (χ3n) is 5.40. The molecule has 5 nitrogen and oxygen atoms in total. The van der Waals surface area contributed by atoms with Gasteiger partial charge >= 0.3 is 6.18 Å². The molecule has 0 unspecified atom stereocenters. The van der Waals surface area contributed by atoms with Crippen molar-refractivity contribution in [1.82, 2.24) is 14.5 Å². The van der Waals surface area contributed by atoms with Gasteiger partial charge in [-0.05, 0) is 47.9 Å². The molecular weight excluding hydrogens is 424 g/mol. The first-order valence-corrected chi connectivity index (χ1v) is 9.85. The van der Waals surface area contributed by atoms with Crippen molar-refractivity contribution in [2.75, 3.05) is 11.9 Å². The number of benzene rings is 2. The average Bonchev–Trinajstić information content (AvgIpc) is 3.17. The van der Waals surface area contributed by atoms with Crippen LogP contribution in [0.15, 0.2) is 55.5 Å². The van der Waals surface area contributed by atoms with Crippen LogP contribution < -0.4 is 5.32 Å². The Bertz CT molecular complexity index is 1200. The number of carbonyl (C=O) groups excluding carboxylic acids is 1. The molecule has 2 heterocycles. The number of fused-ring (bicyclic) bond motifs is 1. The molecular formula is C23H20F4N4O. The van der Waals surface area contributed by atoms with Crippen molar-refractivity contribution in [3.05, 3.63) is 78.0 Å². The molecule has 0 saturated carbocycles. The first-order chi connectivity index (χ1) is 15.2. The second-order valence-electron chi connectivity index (χ2n) is 7.58. The summed E-state index contributed by atoms with van der Waals surface area (Å²) in [6.07, 6.45) is 0.557. The van der Waals surface area contributed by atoms with Gasteiger partial charge in [-0.15, -0.1) is 0 Å². The van der Waals surface area contributed by atoms with Crippen molar-refractivity contribution in [2.24, 2.45) is 7.05 Å². The molecule has 1 aliphatic rings. The van der Waals surface area contributed by atoms with Gasteiger partial charge in [-0.2, -0.15) is 13.2 Å². The van der Waals surface area contributed by atoms with Crippen LogP contribution in [0.25, 0.3) is 11.3 Å². The predicted octanol–water partition coefficient (Wildman–Crippen LogP) is 5.06. The van der Waals surface area contributed by atoms with Crippen LogP contribution in [-0.4, -0.2) is 26.9 Å². The molecule has 0 atom stereocenters. The van der Waals surface area contributed by atoms with Crippen LogP contribution in [0.5, 0.6) is 0 Å². The van der Waals surface area contributed by atoms with E-state index in [1.807, 2.05) is 19.3 Å². The van der Waals surface area contributed by atoms with Gasteiger partial charge in [0.05, 0.1) is 17.6 Å². The summed E-state index contributed by atoms with van der Waals surface area (Å²) in [5.41, 5.74) is 2.82. The summed E-state index contributed by atoms with van der Waals surface area (Å²) in [6.45, 7) is 4.44. The molecule has 166 valence electrons. The third kappa shape index (κ3) is 4.10. The van der Waals surface area contributed by atoms with Gasteiger partial charge in [0.15, 0.2) is 0 Å². The number of anilines is 2. The number of aryl methyl sites for hydroxylation is 1. The molecule has 4 rings (SSSR count). The van der Waals surface area contributed by atoms with Gasteiger partial charge in [0, 0.05) is 43.3 Å². The highest BCUT2D eigenvalue weighted by atomic mass is 19.4. The fourth-order valence-corrected chi connectivity index (χ4v) is 3.89. The number of aromatic nitrogens is 2. The zero-order valence-corrected chi connectivity index (χ0v) is 17.2. The van der Waals surface area contributed by atoms with Crippen LogP contribution in [0.1, 0.15) is 16.7 Å². The molecule has 0 radical (unpaired) electrons. The number of hydrogen-bond donors (Lipinski definition) is 1. The number of halogens is 4. The highest BCUT2D eigenvalue weighted by Crippen LogP contribution is 2.38. The van der Waals surface area contributed by atoms with Gasteiger partial charge in [-0.1, -0.05) is 12.6 Å². The lowest BCUT2D eigenvalue weighted by Crippen LogP contribution is -2.35. The maximum Gasteiger partial charge on any atom is 0.419 e. The zero-order valence-electron chi connectivity index (χ0n) is 17.2. The first kappa shape index (κ1) is 21.6. The summed E-state index contributed by atoms with van der Waals surface area (Å²) in [6, 6.07) is 6.36. The van der Waals surface area contributed by atoms with Crippen LogP contribution in [-0.2, 0) is 31.0 Å². The Balaban J connectivity index is 1.76. The van der Waals surface area contributed by atoms with Crippen molar-refractivity contribution in [2.45, 2.75) is 19.1 Å². The van der Waals surface area contributed by atoms with Crippen molar-refractivity contribution in [1.29, 1.82) is 0 Å². The predicted molar refractivity (Wildman–Crippen MR) is 113 cm³/mol. The second kappa shape index (κ2) is 8.14. The Morgan fingerprint density at radius 2 is 2.03 bits per heavy atom. The van der Waals surface area contributed by atoms with Crippen molar-refractivity contribution in [3.63, 3.8) is 0 Å². The molecule has 0 fully saturated rings. The monoisotopic (exact) mass is 444 g/mol. The topological polar surface area (TPSA) is 50.2 Å². The van der Waals surface area contributed by atoms with E-state index in [0.29, 0.717) is 30.9 Å². The molecule has 1 aromatic heterocycles. The van der Waals surface area contributed by atoms with E-state index in [2.05, 4.69) is 16.9 Å². The summed E-state index contributed by atoms with van der Waals surface area (Å²) in [5, 5.41) is 3.04. The largest absolute Gasteiger partial charge is 0.419 e. The molecule has 0 spiro atoms. The van der Waals surface area contributed by atoms with Crippen LogP contribution >= 0.6 is 0 Å². The Hall–Kier alpha value is -3.62. The van der Waals surface area contributed by atoms with E-state index < -0.39 is 17.6 Å². The van der Waals surface area contributed by atoms with E-state index in [-0.39, 0.29) is 11.6 Å². The third-order valence-corrected chi connectivity index (χ3v) is 5.40. The molecule has 1 aliphatic heterocycles. The number of alkyl halides is 3. The zero-order chi connectivity index (χ0) is 23.0. The first-order valence-electron chi connectivity index (χ1n) is 9.85. The van der Waals surface area contributed by atoms with E-state index in [9.17, 15) is 22.4 Å². The summed E-state index contributed by atoms with van der Waals surface area (Å²) in [4.78, 5) is 18.2. The quantitative estimate of drug-likeness (QED) is 0.452. The molecule has 0 saturated heterocycles. The summed E-state index contributed by atoms with van der Waals surface area (Å²) >= 11 is 0. The standard InChI is InChI=1S/C23H20F4N4O/c1-3-21(32)31-9-8-16-14(11-31)4-7-19(22(16)20-12-30(2)13-28-20)29-15-5-6-17(18(24)10-15)23(25,26)27/h3-7,10,12-13,29H,1,8-9,11H2,2H3. The Morgan fingerprint density at radius 1 is 1.25 bits per heavy atom. The van der Waals surface area contributed by atoms with E-state index in [1.165, 1.54) is 12.1 Å². The fraction of sp³-hybridized carbons (Fsp3) is 0.217. The van der Waals surface area contributed by atoms with Crippen LogP contribution in [0.3, 0.4) is 0 Å². The number of nitrogens with zero attached hydrogens (tertiary/aromatic N) is 3. The van der Waals surface area contributed by atoms with Gasteiger partial charge in [0.25, 0.3) is 0 Å². The fourth-order valence-electron chi connectivity index (χ4n) is 3.89. The second-order valence-corrected chi connectivity index (χ2v) is 7.58. The van der Waals surface area contributed by atoms with Gasteiger partial charge in [-0.3, -0.25) is 4.79 Å². The normalized spacial score (nSPS) is 13.6. The Kier molecular flexibility index (Phi) is 5.50. The lowest BCUT2D eigenvalue weighted by molar-refractivity contribution is -0.140. The lowest BCUT2D eigenvalue weighted by atomic mass is 9.91. The molecule has 3 aromatic rings.